The molecule has 1 amide bonds. The van der Waals surface area contributed by atoms with Gasteiger partial charge in [0.25, 0.3) is 0 Å². The monoisotopic (exact) mass is 948 g/mol. The van der Waals surface area contributed by atoms with E-state index in [-0.39, 0.29) is 44.4 Å². The molecule has 6 N–H and O–H groups in total. The summed E-state index contributed by atoms with van der Waals surface area (Å²) in [6.45, 7) is 15.9. The lowest BCUT2D eigenvalue weighted by molar-refractivity contribution is -0.318. The second-order valence-electron chi connectivity index (χ2n) is 20.3. The summed E-state index contributed by atoms with van der Waals surface area (Å²) in [6, 6.07) is 8.88. The molecule has 67 heavy (non-hydrogen) atoms. The van der Waals surface area contributed by atoms with Crippen LogP contribution in [0, 0.1) is 30.6 Å². The number of nitrogens with zero attached hydrogens (tertiary/aromatic N) is 2. The highest BCUT2D eigenvalue weighted by Crippen LogP contribution is 2.41. The van der Waals surface area contributed by atoms with Crippen molar-refractivity contribution in [3.8, 4) is 11.5 Å². The number of ketones is 1. The minimum absolute atomic E-state index is 0.0302. The first-order valence-electron chi connectivity index (χ1n) is 23.6. The number of rotatable bonds is 12. The topological polar surface area (TPSA) is 249 Å². The number of aromatic nitrogens is 1. The summed E-state index contributed by atoms with van der Waals surface area (Å²) < 4.78 is 43.5. The fourth-order valence-electron chi connectivity index (χ4n) is 10.1. The molecular formula is C49H77N3O15. The molecule has 3 saturated heterocycles. The highest BCUT2D eigenvalue weighted by atomic mass is 16.7. The third kappa shape index (κ3) is 12.5. The molecule has 4 heterocycles. The van der Waals surface area contributed by atoms with Gasteiger partial charge in [-0.2, -0.15) is 0 Å². The predicted molar refractivity (Wildman–Crippen MR) is 244 cm³/mol. The van der Waals surface area contributed by atoms with Gasteiger partial charge in [-0.1, -0.05) is 39.0 Å². The number of ether oxygens (including phenoxy) is 6. The molecule has 1 aromatic carbocycles. The van der Waals surface area contributed by atoms with Crippen LogP contribution < -0.4 is 5.32 Å². The molecule has 0 aliphatic carbocycles. The van der Waals surface area contributed by atoms with Gasteiger partial charge in [0.05, 0.1) is 59.8 Å². The van der Waals surface area contributed by atoms with Crippen molar-refractivity contribution in [1.29, 1.82) is 0 Å². The fraction of sp³-hybridized carbons (Fsp3) is 0.755. The van der Waals surface area contributed by atoms with Crippen molar-refractivity contribution in [3.05, 3.63) is 41.8 Å². The van der Waals surface area contributed by atoms with Crippen molar-refractivity contribution in [3.63, 3.8) is 0 Å². The number of aliphatic hydroxyl groups is 5. The van der Waals surface area contributed by atoms with Gasteiger partial charge in [0.15, 0.2) is 12.6 Å². The summed E-state index contributed by atoms with van der Waals surface area (Å²) in [6.07, 6.45) is -11.4. The predicted octanol–water partition coefficient (Wildman–Crippen LogP) is 3.09. The van der Waals surface area contributed by atoms with E-state index in [9.17, 15) is 39.9 Å². The zero-order valence-electron chi connectivity index (χ0n) is 41.5. The highest BCUT2D eigenvalue weighted by molar-refractivity contribution is 5.83. The van der Waals surface area contributed by atoms with Gasteiger partial charge in [0.2, 0.25) is 11.8 Å². The van der Waals surface area contributed by atoms with E-state index < -0.39 is 113 Å². The number of nitrogens with one attached hydrogen (secondary N) is 1. The molecule has 0 unspecified atom stereocenters. The number of methoxy groups -OCH3 is 1. The Morgan fingerprint density at radius 3 is 2.21 bits per heavy atom. The zero-order valence-corrected chi connectivity index (χ0v) is 41.5. The second-order valence-corrected chi connectivity index (χ2v) is 20.3. The van der Waals surface area contributed by atoms with Crippen molar-refractivity contribution >= 4 is 17.7 Å². The van der Waals surface area contributed by atoms with Crippen LogP contribution in [0.5, 0.6) is 0 Å². The maximum Gasteiger partial charge on any atom is 0.311 e. The number of likely N-dealkylation sites (N-methyl/N-ethyl adjacent to an activating group) is 1. The summed E-state index contributed by atoms with van der Waals surface area (Å²) in [5.41, 5.74) is -4.06. The van der Waals surface area contributed by atoms with Crippen LogP contribution in [0.3, 0.4) is 0 Å². The molecule has 3 fully saturated rings. The first-order valence-corrected chi connectivity index (χ1v) is 23.6. The Morgan fingerprint density at radius 2 is 1.58 bits per heavy atom. The number of esters is 1. The van der Waals surface area contributed by atoms with Crippen molar-refractivity contribution < 1.29 is 72.8 Å². The van der Waals surface area contributed by atoms with Gasteiger partial charge < -0.3 is 68.6 Å². The van der Waals surface area contributed by atoms with Crippen molar-refractivity contribution in [1.82, 2.24) is 15.2 Å². The summed E-state index contributed by atoms with van der Waals surface area (Å²) in [4.78, 5) is 48.7. The Hall–Kier alpha value is -3.40. The number of hydrogen-bond donors (Lipinski definition) is 6. The van der Waals surface area contributed by atoms with Crippen LogP contribution in [-0.4, -0.2) is 165 Å². The van der Waals surface area contributed by atoms with Gasteiger partial charge in [0, 0.05) is 55.9 Å². The van der Waals surface area contributed by atoms with E-state index in [1.165, 1.54) is 27.9 Å². The average Bonchev–Trinajstić information content (AvgIpc) is 3.64. The molecule has 0 bridgehead atoms. The first-order chi connectivity index (χ1) is 31.2. The SMILES string of the molecule is CO[C@]1(C)C[C@H](O[C@H]2[C@H](C)[C@@H](O[C@@H]3O[C@H](C)C[C@H](N(C)C)[C@H]3O)[C@](C)(O)C[C@@H](C)C(=O)[C@H](C)[C@@H](O)[C@](C)(O)[C@@H](CCNC(=O)Cc3nc(-c4ccccc4)oc3C)OC(=O)[C@@H]2C)O[C@@H](C)[C@@H]1O. The minimum Gasteiger partial charge on any atom is -0.459 e. The molecule has 3 aliphatic rings. The highest BCUT2D eigenvalue weighted by Gasteiger charge is 2.54. The zero-order chi connectivity index (χ0) is 49.9. The van der Waals surface area contributed by atoms with E-state index in [1.807, 2.05) is 56.3 Å². The smallest absolute Gasteiger partial charge is 0.311 e. The van der Waals surface area contributed by atoms with E-state index in [1.54, 1.807) is 41.5 Å². The standard InChI is InChI=1S/C49H77N3O15/c1-25-23-47(8,59)43(67-46-39(55)34(52(11)12)21-26(2)62-46)28(4)40(66-37-24-48(9,61-13)42(57)31(7)63-37)29(5)45(58)65-35(49(10,60)41(56)27(3)38(25)54)19-20-50-36(53)22-33-30(6)64-44(51-33)32-17-15-14-16-18-32/h14-18,25-29,31,34-35,37,39-43,46,55-57,59-60H,19-24H2,1-13H3,(H,50,53)/t25-,26-,27+,28+,29-,31+,34+,35-,37+,39-,40+,41-,42+,43-,46+,47-,48-,49-/m1/s1. The Kier molecular flexibility index (Phi) is 18.0. The summed E-state index contributed by atoms with van der Waals surface area (Å²) >= 11 is 0. The summed E-state index contributed by atoms with van der Waals surface area (Å²) in [5.74, 6) is -5.28. The number of aryl methyl sites for hydroxylation is 1. The lowest BCUT2D eigenvalue weighted by Gasteiger charge is -2.49. The maximum absolute atomic E-state index is 14.7. The van der Waals surface area contributed by atoms with E-state index in [4.69, 9.17) is 32.8 Å². The molecule has 18 nitrogen and oxygen atoms in total. The Bertz CT molecular complexity index is 1960. The van der Waals surface area contributed by atoms with E-state index in [0.29, 0.717) is 23.8 Å². The number of oxazole rings is 1. The number of Topliss-reactive ketones (excluding diaryl/α,β-unsaturated/α-hetero) is 1. The molecule has 18 heteroatoms. The third-order valence-electron chi connectivity index (χ3n) is 14.4. The van der Waals surface area contributed by atoms with Gasteiger partial charge in [-0.25, -0.2) is 4.98 Å². The van der Waals surface area contributed by atoms with E-state index >= 15 is 0 Å². The number of carbonyl (C=O) groups excluding carboxylic acids is 3. The molecule has 5 rings (SSSR count). The largest absolute Gasteiger partial charge is 0.459 e. The van der Waals surface area contributed by atoms with Gasteiger partial charge >= 0.3 is 5.97 Å². The van der Waals surface area contributed by atoms with Crippen LogP contribution in [0.15, 0.2) is 34.7 Å². The Labute approximate surface area is 395 Å². The molecule has 18 atom stereocenters. The lowest BCUT2D eigenvalue weighted by Crippen LogP contribution is -2.61. The van der Waals surface area contributed by atoms with Crippen molar-refractivity contribution in [2.75, 3.05) is 27.7 Å². The van der Waals surface area contributed by atoms with Crippen LogP contribution in [-0.2, 0) is 49.2 Å². The van der Waals surface area contributed by atoms with Crippen molar-refractivity contribution in [2.45, 2.75) is 186 Å². The molecular weight excluding hydrogens is 871 g/mol. The van der Waals surface area contributed by atoms with Gasteiger partial charge in [0.1, 0.15) is 35.5 Å². The number of amides is 1. The maximum atomic E-state index is 14.7. The number of benzene rings is 1. The van der Waals surface area contributed by atoms with E-state index in [2.05, 4.69) is 10.3 Å². The molecule has 0 saturated carbocycles. The quantitative estimate of drug-likeness (QED) is 0.167. The average molecular weight is 948 g/mol. The van der Waals surface area contributed by atoms with Gasteiger partial charge in [-0.05, 0) is 87.5 Å². The van der Waals surface area contributed by atoms with Crippen LogP contribution in [0.1, 0.15) is 99.5 Å². The molecule has 2 aromatic rings. The van der Waals surface area contributed by atoms with Gasteiger partial charge in [-0.15, -0.1) is 0 Å². The van der Waals surface area contributed by atoms with Crippen LogP contribution in [0.25, 0.3) is 11.5 Å². The summed E-state index contributed by atoms with van der Waals surface area (Å²) in [7, 11) is 5.13. The number of aliphatic hydroxyl groups excluding tert-OH is 3. The van der Waals surface area contributed by atoms with Crippen molar-refractivity contribution in [2.24, 2.45) is 23.7 Å². The normalized spacial score (nSPS) is 40.6. The van der Waals surface area contributed by atoms with Crippen LogP contribution >= 0.6 is 0 Å². The fourth-order valence-corrected chi connectivity index (χ4v) is 10.1. The number of carbonyl (C=O) groups is 3. The van der Waals surface area contributed by atoms with Crippen LogP contribution in [0.4, 0.5) is 0 Å². The number of hydrogen-bond acceptors (Lipinski definition) is 17. The third-order valence-corrected chi connectivity index (χ3v) is 14.4. The number of cyclic esters (lactones) is 1. The Balaban J connectivity index is 1.50. The lowest BCUT2D eigenvalue weighted by atomic mass is 9.74. The molecule has 0 radical (unpaired) electrons. The van der Waals surface area contributed by atoms with Crippen LogP contribution in [0.2, 0.25) is 0 Å². The second kappa shape index (κ2) is 22.1. The molecule has 378 valence electrons. The first kappa shape index (κ1) is 54.5. The molecule has 3 aliphatic heterocycles. The molecule has 0 spiro atoms. The Morgan fingerprint density at radius 1 is 0.925 bits per heavy atom. The van der Waals surface area contributed by atoms with E-state index in [0.717, 1.165) is 5.56 Å². The van der Waals surface area contributed by atoms with Gasteiger partial charge in [-0.3, -0.25) is 14.4 Å². The summed E-state index contributed by atoms with van der Waals surface area (Å²) in [5, 5.41) is 62.1. The molecule has 1 aromatic heterocycles. The minimum atomic E-state index is -2.24.